The number of carboxylic acids is 1. The van der Waals surface area contributed by atoms with Crippen LogP contribution in [0.5, 0.6) is 0 Å². The Morgan fingerprint density at radius 3 is 2.78 bits per heavy atom. The molecule has 0 aliphatic rings. The highest BCUT2D eigenvalue weighted by atomic mass is 16.6. The highest BCUT2D eigenvalue weighted by Crippen LogP contribution is 1.87. The molecule has 0 saturated carbocycles. The van der Waals surface area contributed by atoms with Crippen LogP contribution in [0.3, 0.4) is 0 Å². The number of carboxylic acid groups (broad SMARTS) is 1. The first-order valence-electron chi connectivity index (χ1n) is 2.29. The molecular weight excluding hydrogens is 124 g/mol. The molecular formula is C5H7O4-. The minimum Gasteiger partial charge on any atom is -0.617 e. The van der Waals surface area contributed by atoms with Crippen molar-refractivity contribution in [3.8, 4) is 0 Å². The van der Waals surface area contributed by atoms with Gasteiger partial charge >= 0.3 is 5.97 Å². The van der Waals surface area contributed by atoms with Crippen LogP contribution in [0.25, 0.3) is 0 Å². The number of hydrogen-bond acceptors (Lipinski definition) is 3. The van der Waals surface area contributed by atoms with Gasteiger partial charge in [-0.25, -0.2) is 0 Å². The summed E-state index contributed by atoms with van der Waals surface area (Å²) in [6, 6.07) is 0. The van der Waals surface area contributed by atoms with E-state index in [4.69, 9.17) is 5.11 Å². The van der Waals surface area contributed by atoms with Crippen molar-refractivity contribution in [2.75, 3.05) is 7.11 Å². The lowest BCUT2D eigenvalue weighted by Crippen LogP contribution is -2.06. The molecule has 4 nitrogen and oxygen atoms in total. The lowest BCUT2D eigenvalue weighted by Gasteiger charge is -2.05. The molecule has 0 spiro atoms. The topological polar surface area (TPSA) is 69.6 Å². The van der Waals surface area contributed by atoms with Gasteiger partial charge in [0.2, 0.25) is 0 Å². The van der Waals surface area contributed by atoms with Gasteiger partial charge < -0.3 is 14.9 Å². The van der Waals surface area contributed by atoms with E-state index in [0.717, 1.165) is 6.08 Å². The predicted molar refractivity (Wildman–Crippen MR) is 27.3 cm³/mol. The minimum atomic E-state index is -1.04. The molecule has 0 radical (unpaired) electrons. The number of methoxy groups -OCH3 is 1. The number of hydrogen-bond donors (Lipinski definition) is 1. The van der Waals surface area contributed by atoms with Gasteiger partial charge in [0, 0.05) is 5.95 Å². The smallest absolute Gasteiger partial charge is 0.307 e. The van der Waals surface area contributed by atoms with Crippen LogP contribution < -0.4 is 5.11 Å². The summed E-state index contributed by atoms with van der Waals surface area (Å²) in [7, 11) is 1.20. The molecule has 0 aromatic rings. The molecule has 0 unspecified atom stereocenters. The minimum absolute atomic E-state index is 0.285. The number of ether oxygens (including phenoxy) is 1. The van der Waals surface area contributed by atoms with Crippen LogP contribution >= 0.6 is 0 Å². The maximum atomic E-state index is 10.2. The fourth-order valence-electron chi connectivity index (χ4n) is 0.254. The average Bonchev–Trinajstić information content (AvgIpc) is 1.83. The second-order valence-corrected chi connectivity index (χ2v) is 1.33. The van der Waals surface area contributed by atoms with Crippen molar-refractivity contribution in [3.63, 3.8) is 0 Å². The molecule has 0 amide bonds. The van der Waals surface area contributed by atoms with Crippen LogP contribution in [0.2, 0.25) is 0 Å². The maximum absolute atomic E-state index is 10.2. The van der Waals surface area contributed by atoms with Crippen molar-refractivity contribution in [2.24, 2.45) is 0 Å². The van der Waals surface area contributed by atoms with Gasteiger partial charge in [0.25, 0.3) is 0 Å². The molecule has 0 saturated heterocycles. The summed E-state index contributed by atoms with van der Waals surface area (Å²) in [5.41, 5.74) is 0. The van der Waals surface area contributed by atoms with Crippen LogP contribution in [-0.4, -0.2) is 18.2 Å². The lowest BCUT2D eigenvalue weighted by molar-refractivity contribution is -0.353. The first-order valence-corrected chi connectivity index (χ1v) is 2.29. The maximum Gasteiger partial charge on any atom is 0.307 e. The molecule has 0 fully saturated rings. The standard InChI is InChI=1S/C5H8O4/c1-9-5(8)3-2-4(6)7/h3,8H,2H2,1H3,(H,6,7)/p-1. The van der Waals surface area contributed by atoms with E-state index in [2.05, 4.69) is 4.74 Å². The zero-order valence-electron chi connectivity index (χ0n) is 4.96. The predicted octanol–water partition coefficient (Wildman–Crippen LogP) is -0.691. The van der Waals surface area contributed by atoms with Crippen LogP contribution in [-0.2, 0) is 9.53 Å². The Labute approximate surface area is 52.4 Å². The summed E-state index contributed by atoms with van der Waals surface area (Å²) in [5, 5.41) is 18.2. The second kappa shape index (κ2) is 3.77. The number of carbonyl (C=O) groups is 1. The van der Waals surface area contributed by atoms with E-state index in [1.165, 1.54) is 7.11 Å². The van der Waals surface area contributed by atoms with E-state index < -0.39 is 11.9 Å². The van der Waals surface area contributed by atoms with Crippen LogP contribution in [0.4, 0.5) is 0 Å². The number of aliphatic carboxylic acids is 1. The molecule has 0 rings (SSSR count). The van der Waals surface area contributed by atoms with Crippen LogP contribution in [0, 0.1) is 0 Å². The third-order valence-corrected chi connectivity index (χ3v) is 0.645. The first kappa shape index (κ1) is 7.81. The Morgan fingerprint density at radius 1 is 1.89 bits per heavy atom. The van der Waals surface area contributed by atoms with Gasteiger partial charge in [0.1, 0.15) is 0 Å². The van der Waals surface area contributed by atoms with Crippen molar-refractivity contribution >= 4 is 5.97 Å². The Balaban J connectivity index is 3.56. The van der Waals surface area contributed by atoms with Crippen LogP contribution in [0.15, 0.2) is 12.0 Å². The van der Waals surface area contributed by atoms with Gasteiger partial charge in [-0.05, 0) is 7.11 Å². The summed E-state index contributed by atoms with van der Waals surface area (Å²) in [6.07, 6.45) is 0.676. The Hall–Kier alpha value is -1.19. The molecule has 0 bridgehead atoms. The first-order chi connectivity index (χ1) is 4.16. The Bertz CT molecular complexity index is 127. The molecule has 4 heteroatoms. The highest BCUT2D eigenvalue weighted by molar-refractivity contribution is 5.68. The van der Waals surface area contributed by atoms with Crippen molar-refractivity contribution in [2.45, 2.75) is 6.42 Å². The van der Waals surface area contributed by atoms with E-state index in [9.17, 15) is 9.90 Å². The van der Waals surface area contributed by atoms with E-state index in [1.807, 2.05) is 0 Å². The van der Waals surface area contributed by atoms with Gasteiger partial charge in [-0.1, -0.05) is 6.08 Å². The number of rotatable bonds is 3. The molecule has 0 aromatic carbocycles. The SMILES string of the molecule is COC([O-])=CCC(=O)O. The Morgan fingerprint density at radius 2 is 2.44 bits per heavy atom. The van der Waals surface area contributed by atoms with Gasteiger partial charge in [0.15, 0.2) is 0 Å². The summed E-state index contributed by atoms with van der Waals surface area (Å²) in [5.74, 6) is -1.65. The fraction of sp³-hybridized carbons (Fsp3) is 0.400. The summed E-state index contributed by atoms with van der Waals surface area (Å²) in [4.78, 5) is 9.78. The molecule has 0 aliphatic carbocycles. The van der Waals surface area contributed by atoms with Gasteiger partial charge in [-0.3, -0.25) is 4.79 Å². The molecule has 52 valence electrons. The molecule has 0 atom stereocenters. The molecule has 0 aromatic heterocycles. The molecule has 1 N–H and O–H groups in total. The normalized spacial score (nSPS) is 11.0. The lowest BCUT2D eigenvalue weighted by atomic mass is 10.4. The summed E-state index contributed by atoms with van der Waals surface area (Å²) < 4.78 is 4.14. The van der Waals surface area contributed by atoms with Crippen molar-refractivity contribution in [1.29, 1.82) is 0 Å². The summed E-state index contributed by atoms with van der Waals surface area (Å²) in [6.45, 7) is 0. The Kier molecular flexibility index (Phi) is 3.27. The van der Waals surface area contributed by atoms with Crippen molar-refractivity contribution in [3.05, 3.63) is 12.0 Å². The zero-order chi connectivity index (χ0) is 7.28. The van der Waals surface area contributed by atoms with Crippen molar-refractivity contribution in [1.82, 2.24) is 0 Å². The molecule has 0 heterocycles. The van der Waals surface area contributed by atoms with Gasteiger partial charge in [-0.15, -0.1) is 0 Å². The van der Waals surface area contributed by atoms with E-state index >= 15 is 0 Å². The second-order valence-electron chi connectivity index (χ2n) is 1.33. The fourth-order valence-corrected chi connectivity index (χ4v) is 0.254. The van der Waals surface area contributed by atoms with Crippen LogP contribution in [0.1, 0.15) is 6.42 Å². The third kappa shape index (κ3) is 4.67. The molecule has 9 heavy (non-hydrogen) atoms. The quantitative estimate of drug-likeness (QED) is 0.514. The zero-order valence-corrected chi connectivity index (χ0v) is 4.96. The molecule has 0 aliphatic heterocycles. The average molecular weight is 131 g/mol. The van der Waals surface area contributed by atoms with Gasteiger partial charge in [-0.2, -0.15) is 0 Å². The van der Waals surface area contributed by atoms with E-state index in [0.29, 0.717) is 0 Å². The third-order valence-electron chi connectivity index (χ3n) is 0.645. The van der Waals surface area contributed by atoms with E-state index in [-0.39, 0.29) is 6.42 Å². The largest absolute Gasteiger partial charge is 0.617 e. The summed E-state index contributed by atoms with van der Waals surface area (Å²) >= 11 is 0. The van der Waals surface area contributed by atoms with Gasteiger partial charge in [0.05, 0.1) is 6.42 Å². The van der Waals surface area contributed by atoms with E-state index in [1.54, 1.807) is 0 Å². The monoisotopic (exact) mass is 131 g/mol. The van der Waals surface area contributed by atoms with Crippen molar-refractivity contribution < 1.29 is 19.7 Å². The highest BCUT2D eigenvalue weighted by Gasteiger charge is 1.88.